The lowest BCUT2D eigenvalue weighted by atomic mass is 9.78. The van der Waals surface area contributed by atoms with Crippen molar-refractivity contribution in [3.8, 4) is 22.7 Å². The zero-order chi connectivity index (χ0) is 20.7. The standard InChI is InChI=1S/C23H24FN5O/c1-14-8-17-11-15(23(24)21(9-14)26-17)10-16-2-5-20(28-27-16)19-4-3-18(12-22(19)30)29-7-6-25-13-29/h2-7,10,12-14,17,21,23,26,30H,8-9,11H2,1H3/b15-10-/t14-,17?,21?,23-/m1/s1. The molecular formula is C23H24FN5O. The van der Waals surface area contributed by atoms with Gasteiger partial charge in [-0.25, -0.2) is 9.37 Å². The normalized spacial score (nSPS) is 27.3. The summed E-state index contributed by atoms with van der Waals surface area (Å²) in [6, 6.07) is 9.23. The van der Waals surface area contributed by atoms with Gasteiger partial charge in [-0.1, -0.05) is 6.92 Å². The van der Waals surface area contributed by atoms with Crippen LogP contribution in [0.3, 0.4) is 0 Å². The van der Waals surface area contributed by atoms with E-state index in [1.807, 2.05) is 35.0 Å². The van der Waals surface area contributed by atoms with Crippen molar-refractivity contribution in [3.05, 3.63) is 60.3 Å². The van der Waals surface area contributed by atoms with Gasteiger partial charge in [0, 0.05) is 36.1 Å². The highest BCUT2D eigenvalue weighted by Gasteiger charge is 2.38. The number of alkyl halides is 1. The second-order valence-corrected chi connectivity index (χ2v) is 8.39. The molecule has 0 radical (unpaired) electrons. The Morgan fingerprint density at radius 2 is 2.10 bits per heavy atom. The molecule has 0 saturated carbocycles. The van der Waals surface area contributed by atoms with Crippen LogP contribution in [-0.2, 0) is 0 Å². The zero-order valence-corrected chi connectivity index (χ0v) is 16.7. The van der Waals surface area contributed by atoms with Gasteiger partial charge in [0.1, 0.15) is 11.9 Å². The first kappa shape index (κ1) is 18.9. The van der Waals surface area contributed by atoms with Crippen LogP contribution < -0.4 is 5.32 Å². The van der Waals surface area contributed by atoms with Crippen LogP contribution >= 0.6 is 0 Å². The molecule has 6 nitrogen and oxygen atoms in total. The number of piperidine rings is 2. The fourth-order valence-corrected chi connectivity index (χ4v) is 4.66. The Morgan fingerprint density at radius 1 is 1.20 bits per heavy atom. The fraction of sp³-hybridized carbons (Fsp3) is 0.348. The van der Waals surface area contributed by atoms with Gasteiger partial charge in [-0.15, -0.1) is 5.10 Å². The van der Waals surface area contributed by atoms with E-state index in [-0.39, 0.29) is 11.8 Å². The Morgan fingerprint density at radius 3 is 2.83 bits per heavy atom. The molecule has 4 heterocycles. The number of phenolic OH excluding ortho intramolecular Hbond substituents is 1. The van der Waals surface area contributed by atoms with E-state index in [2.05, 4.69) is 27.4 Å². The minimum absolute atomic E-state index is 0.100. The molecule has 2 N–H and O–H groups in total. The molecule has 5 rings (SSSR count). The monoisotopic (exact) mass is 405 g/mol. The summed E-state index contributed by atoms with van der Waals surface area (Å²) in [4.78, 5) is 4.02. The van der Waals surface area contributed by atoms with Gasteiger partial charge in [-0.2, -0.15) is 5.10 Å². The van der Waals surface area contributed by atoms with Crippen LogP contribution in [0.15, 0.2) is 54.6 Å². The molecule has 2 saturated heterocycles. The summed E-state index contributed by atoms with van der Waals surface area (Å²) in [7, 11) is 0. The summed E-state index contributed by atoms with van der Waals surface area (Å²) in [6.07, 6.45) is 8.68. The van der Waals surface area contributed by atoms with E-state index in [1.165, 1.54) is 0 Å². The summed E-state index contributed by atoms with van der Waals surface area (Å²) < 4.78 is 16.7. The van der Waals surface area contributed by atoms with E-state index in [1.54, 1.807) is 24.7 Å². The van der Waals surface area contributed by atoms with E-state index in [0.29, 0.717) is 35.3 Å². The lowest BCUT2D eigenvalue weighted by Gasteiger charge is -2.42. The molecule has 0 spiro atoms. The third-order valence-corrected chi connectivity index (χ3v) is 6.06. The van der Waals surface area contributed by atoms with Gasteiger partial charge in [-0.05, 0) is 61.1 Å². The quantitative estimate of drug-likeness (QED) is 0.691. The molecule has 2 aromatic heterocycles. The number of fused-ring (bicyclic) bond motifs is 2. The number of nitrogens with one attached hydrogen (secondary N) is 1. The number of nitrogens with zero attached hydrogens (tertiary/aromatic N) is 4. The summed E-state index contributed by atoms with van der Waals surface area (Å²) in [5.74, 6) is 0.679. The van der Waals surface area contributed by atoms with Crippen LogP contribution in [0.25, 0.3) is 23.0 Å². The van der Waals surface area contributed by atoms with Gasteiger partial charge in [0.05, 0.1) is 23.4 Å². The number of rotatable bonds is 3. The maximum atomic E-state index is 14.9. The molecule has 2 bridgehead atoms. The Balaban J connectivity index is 1.37. The minimum atomic E-state index is -0.981. The Labute approximate surface area is 174 Å². The molecule has 7 heteroatoms. The van der Waals surface area contributed by atoms with E-state index in [9.17, 15) is 9.50 Å². The average molecular weight is 405 g/mol. The molecule has 0 aliphatic carbocycles. The number of hydrogen-bond acceptors (Lipinski definition) is 5. The van der Waals surface area contributed by atoms with Crippen molar-refractivity contribution < 1.29 is 9.50 Å². The minimum Gasteiger partial charge on any atom is -0.507 e. The number of halogens is 1. The number of phenols is 1. The second kappa shape index (κ2) is 7.65. The first-order valence-corrected chi connectivity index (χ1v) is 10.3. The molecule has 30 heavy (non-hydrogen) atoms. The highest BCUT2D eigenvalue weighted by molar-refractivity contribution is 5.69. The summed E-state index contributed by atoms with van der Waals surface area (Å²) in [5, 5.41) is 22.4. The predicted molar refractivity (Wildman–Crippen MR) is 113 cm³/mol. The van der Waals surface area contributed by atoms with Gasteiger partial charge in [0.15, 0.2) is 0 Å². The van der Waals surface area contributed by atoms with Crippen LogP contribution in [0.5, 0.6) is 5.75 Å². The number of benzene rings is 1. The molecule has 154 valence electrons. The molecular weight excluding hydrogens is 381 g/mol. The van der Waals surface area contributed by atoms with E-state index in [4.69, 9.17) is 0 Å². The Hall–Kier alpha value is -3.06. The lowest BCUT2D eigenvalue weighted by Crippen LogP contribution is -2.54. The van der Waals surface area contributed by atoms with E-state index in [0.717, 1.165) is 24.1 Å². The zero-order valence-electron chi connectivity index (χ0n) is 16.7. The first-order chi connectivity index (χ1) is 14.6. The Kier molecular flexibility index (Phi) is 4.83. The molecule has 0 amide bonds. The van der Waals surface area contributed by atoms with Crippen LogP contribution in [0.1, 0.15) is 31.9 Å². The Bertz CT molecular complexity index is 1060. The van der Waals surface area contributed by atoms with Gasteiger partial charge >= 0.3 is 0 Å². The smallest absolute Gasteiger partial charge is 0.137 e. The largest absolute Gasteiger partial charge is 0.507 e. The number of aromatic nitrogens is 4. The maximum Gasteiger partial charge on any atom is 0.137 e. The molecule has 2 aliphatic rings. The van der Waals surface area contributed by atoms with Gasteiger partial charge in [0.25, 0.3) is 0 Å². The van der Waals surface area contributed by atoms with Gasteiger partial charge in [0.2, 0.25) is 0 Å². The van der Waals surface area contributed by atoms with Gasteiger partial charge in [-0.3, -0.25) is 0 Å². The van der Waals surface area contributed by atoms with Crippen molar-refractivity contribution in [3.63, 3.8) is 0 Å². The topological polar surface area (TPSA) is 75.9 Å². The van der Waals surface area contributed by atoms with Crippen LogP contribution in [0.2, 0.25) is 0 Å². The fourth-order valence-electron chi connectivity index (χ4n) is 4.66. The molecule has 1 aromatic carbocycles. The van der Waals surface area contributed by atoms with E-state index < -0.39 is 6.17 Å². The average Bonchev–Trinajstić information content (AvgIpc) is 3.27. The molecule has 4 atom stereocenters. The van der Waals surface area contributed by atoms with Crippen molar-refractivity contribution in [2.24, 2.45) is 5.92 Å². The van der Waals surface area contributed by atoms with Crippen molar-refractivity contribution in [1.82, 2.24) is 25.1 Å². The molecule has 2 unspecified atom stereocenters. The van der Waals surface area contributed by atoms with Crippen molar-refractivity contribution in [2.75, 3.05) is 0 Å². The molecule has 2 fully saturated rings. The predicted octanol–water partition coefficient (Wildman–Crippen LogP) is 3.92. The highest BCUT2D eigenvalue weighted by atomic mass is 19.1. The molecule has 3 aromatic rings. The third kappa shape index (κ3) is 3.61. The molecule has 2 aliphatic heterocycles. The lowest BCUT2D eigenvalue weighted by molar-refractivity contribution is 0.148. The second-order valence-electron chi connectivity index (χ2n) is 8.39. The SMILES string of the molecule is C[C@@H]1CC2C/C(=C/c3ccc(-c4ccc(-n5ccnc5)cc4O)nn3)[C@@H](F)C(C1)N2. The van der Waals surface area contributed by atoms with Gasteiger partial charge < -0.3 is 15.0 Å². The van der Waals surface area contributed by atoms with Crippen LogP contribution in [-0.4, -0.2) is 43.1 Å². The number of hydrogen-bond donors (Lipinski definition) is 2. The van der Waals surface area contributed by atoms with Crippen molar-refractivity contribution in [2.45, 2.75) is 44.4 Å². The van der Waals surface area contributed by atoms with Crippen molar-refractivity contribution in [1.29, 1.82) is 0 Å². The van der Waals surface area contributed by atoms with Crippen molar-refractivity contribution >= 4 is 6.08 Å². The number of aromatic hydroxyl groups is 1. The third-order valence-electron chi connectivity index (χ3n) is 6.06. The first-order valence-electron chi connectivity index (χ1n) is 10.3. The number of imidazole rings is 1. The summed E-state index contributed by atoms with van der Waals surface area (Å²) in [6.45, 7) is 2.20. The summed E-state index contributed by atoms with van der Waals surface area (Å²) >= 11 is 0. The highest BCUT2D eigenvalue weighted by Crippen LogP contribution is 2.35. The van der Waals surface area contributed by atoms with Crippen LogP contribution in [0.4, 0.5) is 4.39 Å². The van der Waals surface area contributed by atoms with Crippen LogP contribution in [0, 0.1) is 5.92 Å². The summed E-state index contributed by atoms with van der Waals surface area (Å²) in [5.41, 5.74) is 3.41. The van der Waals surface area contributed by atoms with E-state index >= 15 is 0 Å². The maximum absolute atomic E-state index is 14.9.